The van der Waals surface area contributed by atoms with E-state index in [0.717, 1.165) is 0 Å². The summed E-state index contributed by atoms with van der Waals surface area (Å²) in [6, 6.07) is 0. The van der Waals surface area contributed by atoms with Gasteiger partial charge in [-0.2, -0.15) is 0 Å². The minimum atomic E-state index is -0.285. The Labute approximate surface area is 267 Å². The monoisotopic (exact) mass is 690 g/mol. The Kier molecular flexibility index (Phi) is 6.24. The van der Waals surface area contributed by atoms with Crippen LogP contribution in [0.2, 0.25) is 40.2 Å². The standard InChI is InChI=1S/C28H14Cl8N2O2/c1-3-37-5-7-9-11-13(21(31)19(7)29)16-12-10-8(6-38(4-2)28(40)18(10)26(36)24(16)34)20(30)22(32)14(12)15(11)23(33)25(35)17(9)27(37)39/h3-6H2,1-2H3. The van der Waals surface area contributed by atoms with Gasteiger partial charge < -0.3 is 9.80 Å². The van der Waals surface area contributed by atoms with Crippen LogP contribution >= 0.6 is 92.8 Å². The maximum Gasteiger partial charge on any atom is 0.256 e. The lowest BCUT2D eigenvalue weighted by atomic mass is 9.82. The third kappa shape index (κ3) is 3.10. The van der Waals surface area contributed by atoms with Crippen molar-refractivity contribution < 1.29 is 9.59 Å². The van der Waals surface area contributed by atoms with Gasteiger partial charge in [0.05, 0.1) is 51.3 Å². The van der Waals surface area contributed by atoms with Crippen molar-refractivity contribution in [3.05, 3.63) is 62.4 Å². The summed E-state index contributed by atoms with van der Waals surface area (Å²) in [5.41, 5.74) is 1.71. The lowest BCUT2D eigenvalue weighted by molar-refractivity contribution is 0.0740. The Hall–Kier alpha value is -1.34. The van der Waals surface area contributed by atoms with E-state index in [9.17, 15) is 9.59 Å². The fraction of sp³-hybridized carbons (Fsp3) is 0.214. The van der Waals surface area contributed by atoms with Gasteiger partial charge in [0, 0.05) is 80.4 Å². The SMILES string of the molecule is CCN1Cc2c(Cl)c(Cl)c3c4c(Cl)c(Cl)c5c6c(c(Cl)c(Cl)c(c7c(Cl)c(Cl)c(c2c37)C1=O)c64)CN(CC)C5=O. The van der Waals surface area contributed by atoms with E-state index < -0.39 is 0 Å². The molecule has 0 bridgehead atoms. The van der Waals surface area contributed by atoms with Gasteiger partial charge in [0.15, 0.2) is 0 Å². The number of rotatable bonds is 2. The van der Waals surface area contributed by atoms with E-state index in [0.29, 0.717) is 67.3 Å². The van der Waals surface area contributed by atoms with Gasteiger partial charge >= 0.3 is 0 Å². The highest BCUT2D eigenvalue weighted by molar-refractivity contribution is 6.61. The molecule has 0 aromatic heterocycles. The number of carbonyl (C=O) groups is 2. The minimum absolute atomic E-state index is 0.0615. The highest BCUT2D eigenvalue weighted by atomic mass is 35.5. The van der Waals surface area contributed by atoms with Crippen molar-refractivity contribution in [2.45, 2.75) is 26.9 Å². The Bertz CT molecular complexity index is 1910. The van der Waals surface area contributed by atoms with Gasteiger partial charge in [-0.1, -0.05) is 92.8 Å². The summed E-state index contributed by atoms with van der Waals surface area (Å²) >= 11 is 55.8. The van der Waals surface area contributed by atoms with E-state index in [1.165, 1.54) is 0 Å². The second-order valence-corrected chi connectivity index (χ2v) is 12.9. The molecule has 5 aromatic carbocycles. The Morgan fingerprint density at radius 2 is 0.750 bits per heavy atom. The molecule has 0 fully saturated rings. The van der Waals surface area contributed by atoms with Crippen LogP contribution in [0.5, 0.6) is 0 Å². The molecule has 0 radical (unpaired) electrons. The van der Waals surface area contributed by atoms with E-state index in [4.69, 9.17) is 92.8 Å². The molecule has 2 aliphatic rings. The number of benzene rings is 5. The van der Waals surface area contributed by atoms with Crippen molar-refractivity contribution in [3.63, 3.8) is 0 Å². The van der Waals surface area contributed by atoms with Gasteiger partial charge in [0.2, 0.25) is 0 Å². The molecule has 4 nitrogen and oxygen atoms in total. The van der Waals surface area contributed by atoms with Crippen LogP contribution < -0.4 is 0 Å². The van der Waals surface area contributed by atoms with Gasteiger partial charge in [0.1, 0.15) is 0 Å². The zero-order valence-corrected chi connectivity index (χ0v) is 26.6. The second kappa shape index (κ2) is 9.08. The van der Waals surface area contributed by atoms with Crippen molar-refractivity contribution in [3.8, 4) is 0 Å². The van der Waals surface area contributed by atoms with Gasteiger partial charge in [0.25, 0.3) is 11.8 Å². The van der Waals surface area contributed by atoms with Crippen LogP contribution in [-0.2, 0) is 13.1 Å². The lowest BCUT2D eigenvalue weighted by Crippen LogP contribution is -2.34. The summed E-state index contributed by atoms with van der Waals surface area (Å²) in [7, 11) is 0. The number of nitrogens with zero attached hydrogens (tertiary/aromatic N) is 2. The molecule has 0 atom stereocenters. The van der Waals surface area contributed by atoms with E-state index in [2.05, 4.69) is 0 Å². The predicted octanol–water partition coefficient (Wildman–Crippen LogP) is 10.9. The average Bonchev–Trinajstić information content (AvgIpc) is 2.94. The molecule has 7 rings (SSSR count). The first-order chi connectivity index (χ1) is 19.0. The molecule has 2 heterocycles. The maximum absolute atomic E-state index is 13.6. The molecule has 2 amide bonds. The van der Waals surface area contributed by atoms with Crippen LogP contribution in [0.3, 0.4) is 0 Å². The molecule has 204 valence electrons. The molecule has 0 N–H and O–H groups in total. The molecule has 0 spiro atoms. The van der Waals surface area contributed by atoms with E-state index in [1.807, 2.05) is 13.8 Å². The Morgan fingerprint density at radius 1 is 0.450 bits per heavy atom. The number of amides is 2. The normalized spacial score (nSPS) is 15.2. The van der Waals surface area contributed by atoms with E-state index >= 15 is 0 Å². The summed E-state index contributed by atoms with van der Waals surface area (Å²) in [6.07, 6.45) is 0. The first-order valence-corrected chi connectivity index (χ1v) is 15.3. The van der Waals surface area contributed by atoms with Crippen LogP contribution in [0.1, 0.15) is 45.7 Å². The summed E-state index contributed by atoms with van der Waals surface area (Å²) in [5.74, 6) is -0.570. The highest BCUT2D eigenvalue weighted by Crippen LogP contribution is 2.59. The van der Waals surface area contributed by atoms with Gasteiger partial charge in [-0.25, -0.2) is 0 Å². The molecule has 0 saturated carbocycles. The zero-order chi connectivity index (χ0) is 28.7. The quantitative estimate of drug-likeness (QED) is 0.136. The fourth-order valence-corrected chi connectivity index (χ4v) is 8.61. The Morgan fingerprint density at radius 3 is 1.05 bits per heavy atom. The molecule has 12 heteroatoms. The van der Waals surface area contributed by atoms with Gasteiger partial charge in [-0.05, 0) is 13.8 Å². The van der Waals surface area contributed by atoms with Crippen molar-refractivity contribution in [2.75, 3.05) is 13.1 Å². The van der Waals surface area contributed by atoms with Gasteiger partial charge in [-0.15, -0.1) is 0 Å². The van der Waals surface area contributed by atoms with Crippen molar-refractivity contribution in [1.29, 1.82) is 0 Å². The molecule has 0 unspecified atom stereocenters. The largest absolute Gasteiger partial charge is 0.334 e. The number of carbonyl (C=O) groups excluding carboxylic acids is 2. The zero-order valence-electron chi connectivity index (χ0n) is 20.6. The highest BCUT2D eigenvalue weighted by Gasteiger charge is 2.39. The van der Waals surface area contributed by atoms with Crippen LogP contribution in [-0.4, -0.2) is 34.7 Å². The third-order valence-corrected chi connectivity index (χ3v) is 11.7. The van der Waals surface area contributed by atoms with E-state index in [-0.39, 0.29) is 76.2 Å². The van der Waals surface area contributed by atoms with E-state index in [1.54, 1.807) is 9.80 Å². The second-order valence-electron chi connectivity index (χ2n) is 9.86. The molecule has 5 aromatic rings. The van der Waals surface area contributed by atoms with Crippen LogP contribution in [0.15, 0.2) is 0 Å². The minimum Gasteiger partial charge on any atom is -0.334 e. The Balaban J connectivity index is 1.90. The lowest BCUT2D eigenvalue weighted by Gasteiger charge is -2.34. The fourth-order valence-electron chi connectivity index (χ4n) is 6.39. The number of hydrogen-bond acceptors (Lipinski definition) is 2. The van der Waals surface area contributed by atoms with Crippen LogP contribution in [0.4, 0.5) is 0 Å². The first kappa shape index (κ1) is 27.5. The molecule has 0 aliphatic carbocycles. The first-order valence-electron chi connectivity index (χ1n) is 12.3. The van der Waals surface area contributed by atoms with Crippen LogP contribution in [0, 0.1) is 0 Å². The molecule has 40 heavy (non-hydrogen) atoms. The third-order valence-electron chi connectivity index (χ3n) is 8.18. The summed E-state index contributed by atoms with van der Waals surface area (Å²) < 4.78 is 0. The topological polar surface area (TPSA) is 40.6 Å². The van der Waals surface area contributed by atoms with Gasteiger partial charge in [-0.3, -0.25) is 9.59 Å². The summed E-state index contributed by atoms with van der Waals surface area (Å²) in [4.78, 5) is 30.5. The number of halogens is 8. The average molecular weight is 694 g/mol. The molecular weight excluding hydrogens is 680 g/mol. The van der Waals surface area contributed by atoms with Crippen molar-refractivity contribution >= 4 is 148 Å². The predicted molar refractivity (Wildman–Crippen MR) is 169 cm³/mol. The maximum atomic E-state index is 13.6. The number of hydrogen-bond donors (Lipinski definition) is 0. The summed E-state index contributed by atoms with van der Waals surface area (Å²) in [6.45, 7) is 5.00. The molecular formula is C28H14Cl8N2O2. The smallest absolute Gasteiger partial charge is 0.256 e. The van der Waals surface area contributed by atoms with Crippen molar-refractivity contribution in [1.82, 2.24) is 9.80 Å². The summed E-state index contributed by atoms with van der Waals surface area (Å²) in [5, 5.41) is 5.15. The van der Waals surface area contributed by atoms with Crippen molar-refractivity contribution in [2.24, 2.45) is 0 Å². The molecule has 0 saturated heterocycles. The number of fused-ring (bicyclic) bond motifs is 2. The van der Waals surface area contributed by atoms with Crippen LogP contribution in [0.25, 0.3) is 43.1 Å². The molecule has 2 aliphatic heterocycles.